The molecule has 1 saturated heterocycles. The maximum Gasteiger partial charge on any atom is 0.176 e. The van der Waals surface area contributed by atoms with E-state index in [1.807, 2.05) is 29.2 Å². The number of anilines is 1. The van der Waals surface area contributed by atoms with Gasteiger partial charge >= 0.3 is 0 Å². The number of amidine groups is 1. The van der Waals surface area contributed by atoms with Crippen molar-refractivity contribution in [1.29, 1.82) is 0 Å². The Morgan fingerprint density at radius 2 is 1.62 bits per heavy atom. The Labute approximate surface area is 155 Å². The molecule has 2 aromatic carbocycles. The van der Waals surface area contributed by atoms with Crippen LogP contribution in [0.15, 0.2) is 47.6 Å². The van der Waals surface area contributed by atoms with E-state index in [9.17, 15) is 5.21 Å². The zero-order valence-corrected chi connectivity index (χ0v) is 15.1. The second-order valence-electron chi connectivity index (χ2n) is 5.47. The predicted molar refractivity (Wildman–Crippen MR) is 100 cm³/mol. The third-order valence-electron chi connectivity index (χ3n) is 4.04. The van der Waals surface area contributed by atoms with Crippen molar-refractivity contribution in [2.45, 2.75) is 0 Å². The lowest BCUT2D eigenvalue weighted by Gasteiger charge is -2.37. The first kappa shape index (κ1) is 17.2. The largest absolute Gasteiger partial charge is 0.409 e. The van der Waals surface area contributed by atoms with Crippen LogP contribution in [0.2, 0.25) is 15.1 Å². The predicted octanol–water partition coefficient (Wildman–Crippen LogP) is 4.60. The molecule has 1 fully saturated rings. The molecule has 0 saturated carbocycles. The summed E-state index contributed by atoms with van der Waals surface area (Å²) in [6.07, 6.45) is 0. The van der Waals surface area contributed by atoms with E-state index in [1.54, 1.807) is 18.2 Å². The molecule has 0 amide bonds. The molecule has 7 heteroatoms. The van der Waals surface area contributed by atoms with Crippen LogP contribution < -0.4 is 4.90 Å². The summed E-state index contributed by atoms with van der Waals surface area (Å²) < 4.78 is 0. The number of piperazine rings is 1. The lowest BCUT2D eigenvalue weighted by molar-refractivity contribution is 0.296. The zero-order valence-electron chi connectivity index (χ0n) is 12.8. The third-order valence-corrected chi connectivity index (χ3v) is 4.91. The Morgan fingerprint density at radius 3 is 2.25 bits per heavy atom. The molecule has 3 rings (SSSR count). The van der Waals surface area contributed by atoms with E-state index in [1.165, 1.54) is 0 Å². The third kappa shape index (κ3) is 3.56. The van der Waals surface area contributed by atoms with Gasteiger partial charge in [-0.1, -0.05) is 52.1 Å². The molecular formula is C17H16Cl3N3O. The number of halogens is 3. The molecule has 0 aliphatic carbocycles. The van der Waals surface area contributed by atoms with Gasteiger partial charge in [-0.2, -0.15) is 0 Å². The van der Waals surface area contributed by atoms with E-state index in [4.69, 9.17) is 34.8 Å². The Bertz CT molecular complexity index is 758. The second-order valence-corrected chi connectivity index (χ2v) is 6.72. The fourth-order valence-electron chi connectivity index (χ4n) is 2.83. The first-order valence-electron chi connectivity index (χ1n) is 7.52. The van der Waals surface area contributed by atoms with Crippen LogP contribution in [0.3, 0.4) is 0 Å². The maximum atomic E-state index is 9.47. The minimum Gasteiger partial charge on any atom is -0.409 e. The highest BCUT2D eigenvalue weighted by Crippen LogP contribution is 2.27. The molecule has 0 unspecified atom stereocenters. The van der Waals surface area contributed by atoms with Crippen LogP contribution in [0.5, 0.6) is 0 Å². The Morgan fingerprint density at radius 1 is 0.917 bits per heavy atom. The van der Waals surface area contributed by atoms with Crippen LogP contribution in [0.1, 0.15) is 5.56 Å². The number of nitrogens with zero attached hydrogens (tertiary/aromatic N) is 3. The summed E-state index contributed by atoms with van der Waals surface area (Å²) in [6.45, 7) is 2.94. The quantitative estimate of drug-likeness (QED) is 0.356. The summed E-state index contributed by atoms with van der Waals surface area (Å²) >= 11 is 18.4. The molecule has 126 valence electrons. The summed E-state index contributed by atoms with van der Waals surface area (Å²) in [5, 5.41) is 14.7. The molecule has 2 aromatic rings. The molecular weight excluding hydrogens is 369 g/mol. The summed E-state index contributed by atoms with van der Waals surface area (Å²) in [5.74, 6) is 0.454. The van der Waals surface area contributed by atoms with Gasteiger partial charge in [0.1, 0.15) is 0 Å². The monoisotopic (exact) mass is 383 g/mol. The van der Waals surface area contributed by atoms with Crippen molar-refractivity contribution >= 4 is 46.3 Å². The summed E-state index contributed by atoms with van der Waals surface area (Å²) in [6, 6.07) is 12.9. The lowest BCUT2D eigenvalue weighted by Crippen LogP contribution is -2.49. The summed E-state index contributed by atoms with van der Waals surface area (Å²) in [4.78, 5) is 4.22. The molecule has 24 heavy (non-hydrogen) atoms. The van der Waals surface area contributed by atoms with Gasteiger partial charge < -0.3 is 15.0 Å². The molecule has 0 bridgehead atoms. The smallest absolute Gasteiger partial charge is 0.176 e. The van der Waals surface area contributed by atoms with Crippen molar-refractivity contribution in [3.63, 3.8) is 0 Å². The Balaban J connectivity index is 1.74. The Kier molecular flexibility index (Phi) is 5.39. The van der Waals surface area contributed by atoms with Gasteiger partial charge in [-0.25, -0.2) is 0 Å². The van der Waals surface area contributed by atoms with Gasteiger partial charge in [0.15, 0.2) is 5.84 Å². The molecule has 1 aliphatic heterocycles. The average molecular weight is 385 g/mol. The van der Waals surface area contributed by atoms with Gasteiger partial charge in [-0.3, -0.25) is 0 Å². The highest BCUT2D eigenvalue weighted by atomic mass is 35.5. The Hall–Kier alpha value is -1.62. The van der Waals surface area contributed by atoms with Gasteiger partial charge in [-0.05, 0) is 30.3 Å². The molecule has 1 aliphatic rings. The van der Waals surface area contributed by atoms with Crippen LogP contribution in [0.4, 0.5) is 5.69 Å². The maximum absolute atomic E-state index is 9.47. The van der Waals surface area contributed by atoms with Crippen molar-refractivity contribution in [3.8, 4) is 0 Å². The second kappa shape index (κ2) is 7.51. The normalized spacial score (nSPS) is 15.7. The van der Waals surface area contributed by atoms with Crippen LogP contribution in [0, 0.1) is 0 Å². The first-order valence-corrected chi connectivity index (χ1v) is 8.65. The van der Waals surface area contributed by atoms with Crippen LogP contribution in [0.25, 0.3) is 0 Å². The number of rotatable bonds is 2. The van der Waals surface area contributed by atoms with Crippen LogP contribution >= 0.6 is 34.8 Å². The number of hydrogen-bond acceptors (Lipinski definition) is 3. The molecule has 1 N–H and O–H groups in total. The average Bonchev–Trinajstić information content (AvgIpc) is 2.58. The van der Waals surface area contributed by atoms with Gasteiger partial charge in [0.2, 0.25) is 0 Å². The fourth-order valence-corrected chi connectivity index (χ4v) is 3.57. The van der Waals surface area contributed by atoms with E-state index < -0.39 is 0 Å². The molecule has 4 nitrogen and oxygen atoms in total. The van der Waals surface area contributed by atoms with Crippen molar-refractivity contribution in [2.75, 3.05) is 31.1 Å². The molecule has 1 heterocycles. The number of oxime groups is 1. The van der Waals surface area contributed by atoms with E-state index in [-0.39, 0.29) is 0 Å². The molecule has 0 radical (unpaired) electrons. The highest BCUT2D eigenvalue weighted by molar-refractivity contribution is 6.37. The molecule has 0 spiro atoms. The number of benzene rings is 2. The fraction of sp³-hybridized carbons (Fsp3) is 0.235. The van der Waals surface area contributed by atoms with Crippen LogP contribution in [-0.4, -0.2) is 42.1 Å². The highest BCUT2D eigenvalue weighted by Gasteiger charge is 2.23. The summed E-state index contributed by atoms with van der Waals surface area (Å²) in [5.41, 5.74) is 1.68. The SMILES string of the molecule is O/N=C(/c1ccc(Cl)cc1Cl)N1CCN(c2ccccc2Cl)CC1. The van der Waals surface area contributed by atoms with Gasteiger partial charge in [0, 0.05) is 36.8 Å². The van der Waals surface area contributed by atoms with Crippen molar-refractivity contribution < 1.29 is 5.21 Å². The van der Waals surface area contributed by atoms with Gasteiger partial charge in [0.25, 0.3) is 0 Å². The summed E-state index contributed by atoms with van der Waals surface area (Å²) in [7, 11) is 0. The lowest BCUT2D eigenvalue weighted by atomic mass is 10.1. The zero-order chi connectivity index (χ0) is 17.1. The standard InChI is InChI=1S/C17H16Cl3N3O/c18-12-5-6-13(15(20)11-12)17(21-24)23-9-7-22(8-10-23)16-4-2-1-3-14(16)19/h1-6,11,24H,7-10H2/b21-17-. The van der Waals surface area contributed by atoms with Crippen molar-refractivity contribution in [1.82, 2.24) is 4.90 Å². The molecule has 0 atom stereocenters. The van der Waals surface area contributed by atoms with E-state index in [2.05, 4.69) is 10.1 Å². The first-order chi connectivity index (χ1) is 11.6. The van der Waals surface area contributed by atoms with E-state index >= 15 is 0 Å². The topological polar surface area (TPSA) is 39.1 Å². The van der Waals surface area contributed by atoms with E-state index in [0.717, 1.165) is 23.8 Å². The number of para-hydroxylation sites is 1. The minimum atomic E-state index is 0.454. The van der Waals surface area contributed by atoms with Crippen LogP contribution in [-0.2, 0) is 0 Å². The minimum absolute atomic E-state index is 0.454. The van der Waals surface area contributed by atoms with Crippen molar-refractivity contribution in [2.24, 2.45) is 5.16 Å². The van der Waals surface area contributed by atoms with Gasteiger partial charge in [-0.15, -0.1) is 0 Å². The van der Waals surface area contributed by atoms with E-state index in [0.29, 0.717) is 34.5 Å². The van der Waals surface area contributed by atoms with Crippen molar-refractivity contribution in [3.05, 3.63) is 63.1 Å². The molecule has 0 aromatic heterocycles. The van der Waals surface area contributed by atoms with Gasteiger partial charge in [0.05, 0.1) is 15.7 Å². The number of hydrogen-bond donors (Lipinski definition) is 1.